The molecule has 0 aromatic rings. The Morgan fingerprint density at radius 2 is 1.88 bits per heavy atom. The Labute approximate surface area is 171 Å². The molecule has 0 radical (unpaired) electrons. The lowest BCUT2D eigenvalue weighted by Crippen LogP contribution is -2.50. The highest BCUT2D eigenvalue weighted by molar-refractivity contribution is 14.0. The molecule has 2 rings (SSSR count). The number of hydrogen-bond acceptors (Lipinski definition) is 4. The highest BCUT2D eigenvalue weighted by Gasteiger charge is 2.20. The van der Waals surface area contributed by atoms with Crippen LogP contribution in [0.25, 0.3) is 0 Å². The number of nitrogens with zero attached hydrogens (tertiary/aromatic N) is 3. The van der Waals surface area contributed by atoms with E-state index in [4.69, 9.17) is 4.74 Å². The van der Waals surface area contributed by atoms with Crippen molar-refractivity contribution in [1.29, 1.82) is 0 Å². The molecule has 1 aliphatic carbocycles. The fourth-order valence-electron chi connectivity index (χ4n) is 3.79. The van der Waals surface area contributed by atoms with Gasteiger partial charge in [-0.3, -0.25) is 4.99 Å². The zero-order valence-corrected chi connectivity index (χ0v) is 18.6. The van der Waals surface area contributed by atoms with Crippen LogP contribution in [0.1, 0.15) is 38.5 Å². The largest absolute Gasteiger partial charge is 0.383 e. The van der Waals surface area contributed by atoms with Crippen LogP contribution in [-0.4, -0.2) is 88.4 Å². The fourth-order valence-corrected chi connectivity index (χ4v) is 3.79. The molecule has 1 saturated carbocycles. The summed E-state index contributed by atoms with van der Waals surface area (Å²) in [6.07, 6.45) is 7.87. The van der Waals surface area contributed by atoms with Gasteiger partial charge in [-0.2, -0.15) is 0 Å². The predicted molar refractivity (Wildman–Crippen MR) is 116 cm³/mol. The molecule has 0 aromatic heterocycles. The number of halogens is 1. The van der Waals surface area contributed by atoms with Crippen LogP contribution in [-0.2, 0) is 4.74 Å². The molecule has 25 heavy (non-hydrogen) atoms. The van der Waals surface area contributed by atoms with Crippen molar-refractivity contribution in [1.82, 2.24) is 20.4 Å². The van der Waals surface area contributed by atoms with Crippen molar-refractivity contribution in [3.05, 3.63) is 0 Å². The minimum absolute atomic E-state index is 0. The number of likely N-dealkylation sites (tertiary alicyclic amines) is 1. The normalized spacial score (nSPS) is 20.7. The van der Waals surface area contributed by atoms with Gasteiger partial charge >= 0.3 is 0 Å². The summed E-state index contributed by atoms with van der Waals surface area (Å²) in [6.45, 7) is 6.20. The van der Waals surface area contributed by atoms with E-state index in [2.05, 4.69) is 32.5 Å². The molecule has 1 heterocycles. The Balaban J connectivity index is 0.00000312. The van der Waals surface area contributed by atoms with E-state index in [1.54, 1.807) is 7.11 Å². The average Bonchev–Trinajstić information content (AvgIpc) is 3.15. The molecule has 7 heteroatoms. The molecular weight excluding hydrogens is 429 g/mol. The van der Waals surface area contributed by atoms with Gasteiger partial charge in [0.2, 0.25) is 0 Å². The molecule has 2 N–H and O–H groups in total. The first-order chi connectivity index (χ1) is 11.7. The molecule has 0 spiro atoms. The average molecular weight is 467 g/mol. The molecule has 6 nitrogen and oxygen atoms in total. The van der Waals surface area contributed by atoms with Gasteiger partial charge in [0.15, 0.2) is 5.96 Å². The second-order valence-electron chi connectivity index (χ2n) is 7.17. The molecule has 0 aromatic carbocycles. The van der Waals surface area contributed by atoms with Crippen LogP contribution in [0.5, 0.6) is 0 Å². The van der Waals surface area contributed by atoms with E-state index in [1.807, 2.05) is 7.05 Å². The summed E-state index contributed by atoms with van der Waals surface area (Å²) in [7, 11) is 5.89. The molecule has 148 valence electrons. The van der Waals surface area contributed by atoms with Crippen molar-refractivity contribution in [3.8, 4) is 0 Å². The van der Waals surface area contributed by atoms with Gasteiger partial charge in [-0.05, 0) is 32.7 Å². The molecule has 2 aliphatic rings. The van der Waals surface area contributed by atoms with Crippen LogP contribution >= 0.6 is 24.0 Å². The minimum Gasteiger partial charge on any atom is -0.383 e. The van der Waals surface area contributed by atoms with Crippen LogP contribution in [0.2, 0.25) is 0 Å². The number of piperidine rings is 1. The molecule has 0 atom stereocenters. The highest BCUT2D eigenvalue weighted by atomic mass is 127. The van der Waals surface area contributed by atoms with E-state index < -0.39 is 0 Å². The number of likely N-dealkylation sites (N-methyl/N-ethyl adjacent to an activating group) is 1. The van der Waals surface area contributed by atoms with Gasteiger partial charge in [-0.25, -0.2) is 0 Å². The smallest absolute Gasteiger partial charge is 0.191 e. The third-order valence-electron chi connectivity index (χ3n) is 5.47. The van der Waals surface area contributed by atoms with E-state index >= 15 is 0 Å². The Morgan fingerprint density at radius 3 is 2.48 bits per heavy atom. The zero-order chi connectivity index (χ0) is 17.2. The molecular formula is C18H38IN5O. The first-order valence-corrected chi connectivity index (χ1v) is 9.61. The number of methoxy groups -OCH3 is 1. The van der Waals surface area contributed by atoms with E-state index in [1.165, 1.54) is 38.5 Å². The van der Waals surface area contributed by atoms with Crippen molar-refractivity contribution in [2.45, 2.75) is 50.6 Å². The topological polar surface area (TPSA) is 52.1 Å². The highest BCUT2D eigenvalue weighted by Crippen LogP contribution is 2.21. The molecule has 2 fully saturated rings. The zero-order valence-electron chi connectivity index (χ0n) is 16.3. The van der Waals surface area contributed by atoms with E-state index in [9.17, 15) is 0 Å². The minimum atomic E-state index is 0. The molecule has 0 unspecified atom stereocenters. The number of rotatable bonds is 8. The van der Waals surface area contributed by atoms with Crippen LogP contribution < -0.4 is 10.6 Å². The van der Waals surface area contributed by atoms with Crippen molar-refractivity contribution < 1.29 is 4.74 Å². The van der Waals surface area contributed by atoms with Crippen molar-refractivity contribution in [3.63, 3.8) is 0 Å². The maximum absolute atomic E-state index is 5.16. The summed E-state index contributed by atoms with van der Waals surface area (Å²) in [5.74, 6) is 0.949. The number of hydrogen-bond donors (Lipinski definition) is 2. The summed E-state index contributed by atoms with van der Waals surface area (Å²) < 4.78 is 5.16. The Morgan fingerprint density at radius 1 is 1.20 bits per heavy atom. The van der Waals surface area contributed by atoms with Gasteiger partial charge in [-0.15, -0.1) is 24.0 Å². The first kappa shape index (κ1) is 22.9. The summed E-state index contributed by atoms with van der Waals surface area (Å²) in [6, 6.07) is 1.32. The summed E-state index contributed by atoms with van der Waals surface area (Å²) in [4.78, 5) is 9.37. The predicted octanol–water partition coefficient (Wildman–Crippen LogP) is 1.75. The summed E-state index contributed by atoms with van der Waals surface area (Å²) in [5.41, 5.74) is 0. The van der Waals surface area contributed by atoms with Gasteiger partial charge < -0.3 is 25.2 Å². The maximum atomic E-state index is 5.16. The standard InChI is InChI=1S/C18H37N5O.HI/c1-19-18(20-10-13-22(2)17-6-4-5-7-17)21-16-8-11-23(12-9-16)14-15-24-3;/h16-17H,4-15H2,1-3H3,(H2,19,20,21);1H. The Kier molecular flexibility index (Phi) is 12.0. The van der Waals surface area contributed by atoms with Gasteiger partial charge in [-0.1, -0.05) is 12.8 Å². The van der Waals surface area contributed by atoms with Gasteiger partial charge in [0.05, 0.1) is 6.61 Å². The van der Waals surface area contributed by atoms with Crippen LogP contribution in [0.4, 0.5) is 0 Å². The quantitative estimate of drug-likeness (QED) is 0.324. The Bertz CT molecular complexity index is 368. The van der Waals surface area contributed by atoms with Crippen molar-refractivity contribution >= 4 is 29.9 Å². The van der Waals surface area contributed by atoms with Gasteiger partial charge in [0.1, 0.15) is 0 Å². The molecule has 0 amide bonds. The van der Waals surface area contributed by atoms with Gasteiger partial charge in [0.25, 0.3) is 0 Å². The lowest BCUT2D eigenvalue weighted by Gasteiger charge is -2.33. The Hall–Kier alpha value is -0.120. The summed E-state index contributed by atoms with van der Waals surface area (Å²) in [5, 5.41) is 7.07. The molecule has 1 saturated heterocycles. The first-order valence-electron chi connectivity index (χ1n) is 9.61. The number of ether oxygens (including phenoxy) is 1. The van der Waals surface area contributed by atoms with E-state index in [0.29, 0.717) is 6.04 Å². The molecule has 1 aliphatic heterocycles. The second kappa shape index (κ2) is 13.1. The van der Waals surface area contributed by atoms with E-state index in [-0.39, 0.29) is 24.0 Å². The molecule has 0 bridgehead atoms. The second-order valence-corrected chi connectivity index (χ2v) is 7.17. The lowest BCUT2D eigenvalue weighted by molar-refractivity contribution is 0.128. The van der Waals surface area contributed by atoms with E-state index in [0.717, 1.165) is 51.3 Å². The van der Waals surface area contributed by atoms with Crippen LogP contribution in [0, 0.1) is 0 Å². The summed E-state index contributed by atoms with van der Waals surface area (Å²) >= 11 is 0. The van der Waals surface area contributed by atoms with Crippen LogP contribution in [0.15, 0.2) is 4.99 Å². The fraction of sp³-hybridized carbons (Fsp3) is 0.944. The van der Waals surface area contributed by atoms with Gasteiger partial charge in [0, 0.05) is 59.0 Å². The third kappa shape index (κ3) is 8.41. The SMILES string of the molecule is CN=C(NCCN(C)C1CCCC1)NC1CCN(CCOC)CC1.I. The van der Waals surface area contributed by atoms with Crippen molar-refractivity contribution in [2.24, 2.45) is 4.99 Å². The monoisotopic (exact) mass is 467 g/mol. The number of nitrogens with one attached hydrogen (secondary N) is 2. The third-order valence-corrected chi connectivity index (χ3v) is 5.47. The maximum Gasteiger partial charge on any atom is 0.191 e. The number of guanidine groups is 1. The van der Waals surface area contributed by atoms with Crippen LogP contribution in [0.3, 0.4) is 0 Å². The number of aliphatic imine (C=N–C) groups is 1. The van der Waals surface area contributed by atoms with Crippen molar-refractivity contribution in [2.75, 3.05) is 60.5 Å². The lowest BCUT2D eigenvalue weighted by atomic mass is 10.1.